The lowest BCUT2D eigenvalue weighted by atomic mass is 10.4. The van der Waals surface area contributed by atoms with E-state index in [1.165, 1.54) is 50.6 Å². The van der Waals surface area contributed by atoms with Crippen LogP contribution in [0.4, 0.5) is 4.20 Å². The summed E-state index contributed by atoms with van der Waals surface area (Å²) < 4.78 is 14.5. The molecule has 2 aliphatic rings. The Balaban J connectivity index is 2.05. The van der Waals surface area contributed by atoms with E-state index in [1.807, 2.05) is 0 Å². The molecule has 0 radical (unpaired) electrons. The van der Waals surface area contributed by atoms with Gasteiger partial charge in [0.2, 0.25) is 7.57 Å². The van der Waals surface area contributed by atoms with Crippen LogP contribution in [-0.4, -0.2) is 37.0 Å². The summed E-state index contributed by atoms with van der Waals surface area (Å²) in [4.78, 5) is 0. The topological polar surface area (TPSA) is 0 Å². The highest BCUT2D eigenvalue weighted by Gasteiger charge is 2.38. The monoisotopic (exact) mass is 235 g/mol. The van der Waals surface area contributed by atoms with Gasteiger partial charge in [-0.05, 0) is 50.6 Å². The third-order valence-corrected chi connectivity index (χ3v) is 9.80. The molecular formula is C11H22FP2+. The van der Waals surface area contributed by atoms with E-state index in [0.29, 0.717) is 7.92 Å². The molecule has 82 valence electrons. The molecule has 0 atom stereocenters. The van der Waals surface area contributed by atoms with E-state index in [1.54, 1.807) is 0 Å². The number of hydrogen-bond donors (Lipinski definition) is 0. The molecule has 14 heavy (non-hydrogen) atoms. The average molecular weight is 235 g/mol. The van der Waals surface area contributed by atoms with Crippen molar-refractivity contribution in [2.45, 2.75) is 32.1 Å². The van der Waals surface area contributed by atoms with Gasteiger partial charge < -0.3 is 0 Å². The van der Waals surface area contributed by atoms with E-state index in [9.17, 15) is 4.20 Å². The van der Waals surface area contributed by atoms with Crippen LogP contribution in [0.5, 0.6) is 0 Å². The van der Waals surface area contributed by atoms with Crippen molar-refractivity contribution in [2.24, 2.45) is 0 Å². The molecule has 3 heteroatoms. The zero-order valence-electron chi connectivity index (χ0n) is 9.05. The first kappa shape index (κ1) is 11.3. The second kappa shape index (κ2) is 5.22. The molecule has 0 amide bonds. The molecule has 0 saturated carbocycles. The summed E-state index contributed by atoms with van der Waals surface area (Å²) in [5.74, 6) is 0. The van der Waals surface area contributed by atoms with Gasteiger partial charge in [-0.25, -0.2) is 0 Å². The summed E-state index contributed by atoms with van der Waals surface area (Å²) in [6.07, 6.45) is 13.5. The van der Waals surface area contributed by atoms with E-state index in [0.717, 1.165) is 18.5 Å². The molecule has 0 spiro atoms. The van der Waals surface area contributed by atoms with Crippen LogP contribution in [0.25, 0.3) is 0 Å². The Labute approximate surface area is 89.2 Å². The maximum Gasteiger partial charge on any atom is 0.202 e. The van der Waals surface area contributed by atoms with Gasteiger partial charge in [-0.3, -0.25) is 0 Å². The second-order valence-electron chi connectivity index (χ2n) is 4.81. The third-order valence-electron chi connectivity index (χ3n) is 3.60. The molecule has 0 aromatic carbocycles. The number of hydrogen-bond acceptors (Lipinski definition) is 0. The van der Waals surface area contributed by atoms with Crippen LogP contribution in [0, 0.1) is 0 Å². The van der Waals surface area contributed by atoms with Crippen molar-refractivity contribution < 1.29 is 4.20 Å². The normalized spacial score (nSPS) is 40.5. The SMILES string of the molecule is F[P+]12CCCCP(CCCC1)CCC2. The minimum Gasteiger partial charge on any atom is -0.107 e. The molecular weight excluding hydrogens is 213 g/mol. The molecule has 0 aromatic rings. The molecule has 0 aromatic heterocycles. The van der Waals surface area contributed by atoms with Gasteiger partial charge in [0.05, 0.1) is 18.5 Å². The quantitative estimate of drug-likeness (QED) is 0.547. The molecule has 2 rings (SSSR count). The van der Waals surface area contributed by atoms with Crippen LogP contribution in [0.2, 0.25) is 0 Å². The first-order valence-corrected chi connectivity index (χ1v) is 10.2. The van der Waals surface area contributed by atoms with Gasteiger partial charge in [-0.15, -0.1) is 7.92 Å². The van der Waals surface area contributed by atoms with Gasteiger partial charge in [0, 0.05) is 0 Å². The molecule has 2 bridgehead atoms. The van der Waals surface area contributed by atoms with E-state index in [4.69, 9.17) is 0 Å². The Hall–Kier alpha value is 0.790. The van der Waals surface area contributed by atoms with Gasteiger partial charge >= 0.3 is 0 Å². The lowest BCUT2D eigenvalue weighted by Gasteiger charge is -2.17. The van der Waals surface area contributed by atoms with Crippen molar-refractivity contribution in [1.82, 2.24) is 0 Å². The van der Waals surface area contributed by atoms with E-state index >= 15 is 0 Å². The third kappa shape index (κ3) is 3.14. The zero-order valence-corrected chi connectivity index (χ0v) is 10.8. The highest BCUT2D eigenvalue weighted by atomic mass is 31.2. The van der Waals surface area contributed by atoms with Crippen molar-refractivity contribution in [2.75, 3.05) is 37.0 Å². The zero-order chi connectivity index (χ0) is 9.86. The molecule has 2 fully saturated rings. The average Bonchev–Trinajstić information content (AvgIpc) is 2.31. The van der Waals surface area contributed by atoms with Crippen LogP contribution in [0.3, 0.4) is 0 Å². The Morgan fingerprint density at radius 2 is 1.21 bits per heavy atom. The number of rotatable bonds is 0. The van der Waals surface area contributed by atoms with Crippen molar-refractivity contribution >= 4 is 15.5 Å². The minimum absolute atomic E-state index is 0.317. The summed E-state index contributed by atoms with van der Waals surface area (Å²) in [6, 6.07) is 0. The minimum atomic E-state index is -1.94. The predicted molar refractivity (Wildman–Crippen MR) is 67.2 cm³/mol. The van der Waals surface area contributed by atoms with Crippen molar-refractivity contribution in [3.63, 3.8) is 0 Å². The lowest BCUT2D eigenvalue weighted by molar-refractivity contribution is 0.769. The molecule has 2 saturated heterocycles. The number of halogens is 1. The summed E-state index contributed by atoms with van der Waals surface area (Å²) in [5.41, 5.74) is 0. The largest absolute Gasteiger partial charge is 0.202 e. The van der Waals surface area contributed by atoms with Gasteiger partial charge in [0.15, 0.2) is 0 Å². The van der Waals surface area contributed by atoms with E-state index in [2.05, 4.69) is 0 Å². The molecule has 0 N–H and O–H groups in total. The lowest BCUT2D eigenvalue weighted by Crippen LogP contribution is -2.04. The van der Waals surface area contributed by atoms with Gasteiger partial charge in [-0.2, -0.15) is 0 Å². The van der Waals surface area contributed by atoms with E-state index < -0.39 is 7.57 Å². The maximum atomic E-state index is 14.5. The molecule has 2 heterocycles. The van der Waals surface area contributed by atoms with Crippen molar-refractivity contribution in [1.29, 1.82) is 0 Å². The van der Waals surface area contributed by atoms with E-state index in [-0.39, 0.29) is 0 Å². The Morgan fingerprint density at radius 3 is 1.86 bits per heavy atom. The van der Waals surface area contributed by atoms with Crippen molar-refractivity contribution in [3.05, 3.63) is 0 Å². The standard InChI is InChI=1S/C11H22FP2/c12-14-9-3-1-6-13(8-5-11-14)7-2-4-10-14/h1-11H2/q+1. The second-order valence-corrected chi connectivity index (χ2v) is 10.9. The molecule has 2 aliphatic heterocycles. The highest BCUT2D eigenvalue weighted by molar-refractivity contribution is 7.71. The maximum absolute atomic E-state index is 14.5. The first-order chi connectivity index (χ1) is 6.79. The van der Waals surface area contributed by atoms with Crippen LogP contribution < -0.4 is 0 Å². The summed E-state index contributed by atoms with van der Waals surface area (Å²) in [5, 5.41) is 0. The fraction of sp³-hybridized carbons (Fsp3) is 1.00. The number of fused-ring (bicyclic) bond motifs is 4. The fourth-order valence-electron chi connectivity index (χ4n) is 2.71. The van der Waals surface area contributed by atoms with Crippen LogP contribution in [0.1, 0.15) is 32.1 Å². The summed E-state index contributed by atoms with van der Waals surface area (Å²) >= 11 is 0. The van der Waals surface area contributed by atoms with Gasteiger partial charge in [-0.1, -0.05) is 4.20 Å². The molecule has 0 nitrogen and oxygen atoms in total. The Kier molecular flexibility index (Phi) is 4.21. The Morgan fingerprint density at radius 1 is 0.714 bits per heavy atom. The van der Waals surface area contributed by atoms with Gasteiger partial charge in [0.25, 0.3) is 0 Å². The first-order valence-electron chi connectivity index (χ1n) is 6.07. The summed E-state index contributed by atoms with van der Waals surface area (Å²) in [7, 11) is -1.62. The van der Waals surface area contributed by atoms with Crippen LogP contribution in [0.15, 0.2) is 0 Å². The van der Waals surface area contributed by atoms with Crippen LogP contribution >= 0.6 is 15.5 Å². The van der Waals surface area contributed by atoms with Crippen molar-refractivity contribution in [3.8, 4) is 0 Å². The van der Waals surface area contributed by atoms with Crippen LogP contribution in [-0.2, 0) is 0 Å². The fourth-order valence-corrected chi connectivity index (χ4v) is 8.55. The molecule has 0 unspecified atom stereocenters. The summed E-state index contributed by atoms with van der Waals surface area (Å²) in [6.45, 7) is 0. The Bertz CT molecular complexity index is 172. The highest BCUT2D eigenvalue weighted by Crippen LogP contribution is 2.64. The smallest absolute Gasteiger partial charge is 0.107 e. The molecule has 0 aliphatic carbocycles. The predicted octanol–water partition coefficient (Wildman–Crippen LogP) is 4.35. The van der Waals surface area contributed by atoms with Gasteiger partial charge in [0.1, 0.15) is 0 Å².